The number of likely N-dealkylation sites (N-methyl/N-ethyl adjacent to an activating group) is 1. The molecule has 0 spiro atoms. The van der Waals surface area contributed by atoms with Crippen LogP contribution < -0.4 is 10.6 Å². The number of para-hydroxylation sites is 1. The van der Waals surface area contributed by atoms with Crippen molar-refractivity contribution >= 4 is 17.5 Å². The summed E-state index contributed by atoms with van der Waals surface area (Å²) in [6, 6.07) is 12.4. The highest BCUT2D eigenvalue weighted by Gasteiger charge is 2.16. The van der Waals surface area contributed by atoms with Crippen molar-refractivity contribution in [2.45, 2.75) is 52.5 Å². The lowest BCUT2D eigenvalue weighted by molar-refractivity contribution is -0.123. The van der Waals surface area contributed by atoms with Gasteiger partial charge in [0.1, 0.15) is 0 Å². The molecule has 0 radical (unpaired) electrons. The van der Waals surface area contributed by atoms with Gasteiger partial charge in [0.2, 0.25) is 11.8 Å². The number of carbonyl (C=O) groups excluding carboxylic acids is 2. The van der Waals surface area contributed by atoms with Gasteiger partial charge in [-0.15, -0.1) is 0 Å². The number of carbonyl (C=O) groups is 2. The molecular weight excluding hydrogens is 374 g/mol. The third kappa shape index (κ3) is 5.70. The summed E-state index contributed by atoms with van der Waals surface area (Å²) >= 11 is 0. The number of hydrogen-bond donors (Lipinski definition) is 2. The summed E-state index contributed by atoms with van der Waals surface area (Å²) in [5, 5.41) is 6.03. The minimum absolute atomic E-state index is 0.0541. The van der Waals surface area contributed by atoms with E-state index >= 15 is 0 Å². The predicted molar refractivity (Wildman–Crippen MR) is 122 cm³/mol. The van der Waals surface area contributed by atoms with Crippen LogP contribution in [0.4, 0.5) is 5.69 Å². The van der Waals surface area contributed by atoms with Crippen LogP contribution in [0.15, 0.2) is 36.4 Å². The first-order valence-corrected chi connectivity index (χ1v) is 10.8. The lowest BCUT2D eigenvalue weighted by Crippen LogP contribution is -2.39. The summed E-state index contributed by atoms with van der Waals surface area (Å²) in [4.78, 5) is 26.6. The van der Waals surface area contributed by atoms with Crippen LogP contribution in [0.25, 0.3) is 0 Å². The van der Waals surface area contributed by atoms with Crippen molar-refractivity contribution in [1.82, 2.24) is 10.2 Å². The highest BCUT2D eigenvalue weighted by Crippen LogP contribution is 2.24. The average Bonchev–Trinajstić information content (AvgIpc) is 2.70. The Hall–Kier alpha value is -2.66. The zero-order valence-electron chi connectivity index (χ0n) is 18.5. The number of benzene rings is 2. The van der Waals surface area contributed by atoms with E-state index in [1.54, 1.807) is 11.9 Å². The molecular formula is C25H33N3O2. The molecule has 0 aromatic heterocycles. The number of fused-ring (bicyclic) bond motifs is 1. The van der Waals surface area contributed by atoms with Crippen LogP contribution in [0.1, 0.15) is 53.6 Å². The van der Waals surface area contributed by atoms with E-state index < -0.39 is 0 Å². The summed E-state index contributed by atoms with van der Waals surface area (Å²) in [5.41, 5.74) is 6.91. The van der Waals surface area contributed by atoms with E-state index in [2.05, 4.69) is 28.8 Å². The van der Waals surface area contributed by atoms with Crippen LogP contribution in [-0.4, -0.2) is 36.9 Å². The minimum atomic E-state index is -0.120. The number of nitrogens with zero attached hydrogens (tertiary/aromatic N) is 1. The molecule has 5 heteroatoms. The monoisotopic (exact) mass is 407 g/mol. The van der Waals surface area contributed by atoms with Gasteiger partial charge in [-0.05, 0) is 81.3 Å². The van der Waals surface area contributed by atoms with Crippen molar-refractivity contribution in [3.05, 3.63) is 64.2 Å². The normalized spacial score (nSPS) is 14.2. The van der Waals surface area contributed by atoms with Crippen molar-refractivity contribution in [2.75, 3.05) is 25.5 Å². The standard InChI is InChI=1S/C25H33N3O2/c1-17-8-7-9-18(2)25(17)27-24(30)16-28(4)15-23(29)26-19(3)21-13-12-20-10-5-6-11-22(20)14-21/h7-9,12-14,19H,5-6,10-11,15-16H2,1-4H3,(H,26,29)(H,27,30)/t19-/m1/s1. The second-order valence-corrected chi connectivity index (χ2v) is 8.51. The molecule has 0 saturated heterocycles. The Bertz CT molecular complexity index is 902. The molecule has 30 heavy (non-hydrogen) atoms. The molecule has 0 fully saturated rings. The molecule has 0 heterocycles. The topological polar surface area (TPSA) is 61.4 Å². The molecule has 160 valence electrons. The van der Waals surface area contributed by atoms with Gasteiger partial charge in [-0.3, -0.25) is 14.5 Å². The fourth-order valence-electron chi connectivity index (χ4n) is 4.13. The summed E-state index contributed by atoms with van der Waals surface area (Å²) in [7, 11) is 1.79. The third-order valence-electron chi connectivity index (χ3n) is 5.82. The largest absolute Gasteiger partial charge is 0.348 e. The molecule has 2 amide bonds. The number of anilines is 1. The Morgan fingerprint density at radius 1 is 0.967 bits per heavy atom. The quantitative estimate of drug-likeness (QED) is 0.731. The SMILES string of the molecule is Cc1cccc(C)c1NC(=O)CN(C)CC(=O)N[C@H](C)c1ccc2c(c1)CCCC2. The maximum absolute atomic E-state index is 12.5. The Labute approximate surface area is 179 Å². The van der Waals surface area contributed by atoms with Gasteiger partial charge in [-0.25, -0.2) is 0 Å². The molecule has 1 atom stereocenters. The van der Waals surface area contributed by atoms with E-state index in [0.717, 1.165) is 35.2 Å². The zero-order valence-corrected chi connectivity index (χ0v) is 18.5. The summed E-state index contributed by atoms with van der Waals surface area (Å²) in [5.74, 6) is -0.201. The summed E-state index contributed by atoms with van der Waals surface area (Å²) in [6.07, 6.45) is 4.79. The van der Waals surface area contributed by atoms with Crippen molar-refractivity contribution in [3.63, 3.8) is 0 Å². The molecule has 2 aromatic carbocycles. The first kappa shape index (κ1) is 22.0. The number of nitrogens with one attached hydrogen (secondary N) is 2. The predicted octanol–water partition coefficient (Wildman–Crippen LogP) is 3.93. The lowest BCUT2D eigenvalue weighted by atomic mass is 9.89. The van der Waals surface area contributed by atoms with E-state index in [0.29, 0.717) is 0 Å². The molecule has 0 saturated carbocycles. The van der Waals surface area contributed by atoms with Crippen LogP contribution in [0.2, 0.25) is 0 Å². The van der Waals surface area contributed by atoms with Gasteiger partial charge in [0.25, 0.3) is 0 Å². The number of hydrogen-bond acceptors (Lipinski definition) is 3. The Kier molecular flexibility index (Phi) is 7.27. The van der Waals surface area contributed by atoms with Crippen LogP contribution >= 0.6 is 0 Å². The van der Waals surface area contributed by atoms with Crippen LogP contribution in [0, 0.1) is 13.8 Å². The molecule has 0 bridgehead atoms. The minimum Gasteiger partial charge on any atom is -0.348 e. The number of amides is 2. The smallest absolute Gasteiger partial charge is 0.238 e. The highest BCUT2D eigenvalue weighted by atomic mass is 16.2. The van der Waals surface area contributed by atoms with Gasteiger partial charge in [0.05, 0.1) is 19.1 Å². The van der Waals surface area contributed by atoms with Gasteiger partial charge in [-0.1, -0.05) is 36.4 Å². The van der Waals surface area contributed by atoms with Crippen LogP contribution in [-0.2, 0) is 22.4 Å². The molecule has 1 aliphatic carbocycles. The lowest BCUT2D eigenvalue weighted by Gasteiger charge is -2.21. The molecule has 2 N–H and O–H groups in total. The van der Waals surface area contributed by atoms with Gasteiger partial charge < -0.3 is 10.6 Å². The van der Waals surface area contributed by atoms with Crippen LogP contribution in [0.5, 0.6) is 0 Å². The molecule has 5 nitrogen and oxygen atoms in total. The second-order valence-electron chi connectivity index (χ2n) is 8.51. The first-order chi connectivity index (χ1) is 14.3. The van der Waals surface area contributed by atoms with E-state index in [4.69, 9.17) is 0 Å². The molecule has 0 aliphatic heterocycles. The Balaban J connectivity index is 1.50. The first-order valence-electron chi connectivity index (χ1n) is 10.8. The Morgan fingerprint density at radius 3 is 2.30 bits per heavy atom. The maximum Gasteiger partial charge on any atom is 0.238 e. The van der Waals surface area contributed by atoms with Gasteiger partial charge >= 0.3 is 0 Å². The average molecular weight is 408 g/mol. The number of rotatable bonds is 7. The summed E-state index contributed by atoms with van der Waals surface area (Å²) < 4.78 is 0. The fraction of sp³-hybridized carbons (Fsp3) is 0.440. The van der Waals surface area contributed by atoms with Gasteiger partial charge in [-0.2, -0.15) is 0 Å². The van der Waals surface area contributed by atoms with Crippen molar-refractivity contribution in [1.29, 1.82) is 0 Å². The molecule has 1 aliphatic rings. The van der Waals surface area contributed by atoms with Crippen molar-refractivity contribution < 1.29 is 9.59 Å². The van der Waals surface area contributed by atoms with Gasteiger partial charge in [0, 0.05) is 5.69 Å². The third-order valence-corrected chi connectivity index (χ3v) is 5.82. The molecule has 2 aromatic rings. The van der Waals surface area contributed by atoms with Gasteiger partial charge in [0.15, 0.2) is 0 Å². The number of aryl methyl sites for hydroxylation is 4. The maximum atomic E-state index is 12.5. The van der Waals surface area contributed by atoms with Crippen molar-refractivity contribution in [2.24, 2.45) is 0 Å². The highest BCUT2D eigenvalue weighted by molar-refractivity contribution is 5.94. The van der Waals surface area contributed by atoms with E-state index in [1.807, 2.05) is 39.0 Å². The molecule has 0 unspecified atom stereocenters. The zero-order chi connectivity index (χ0) is 21.7. The second kappa shape index (κ2) is 9.90. The van der Waals surface area contributed by atoms with Crippen LogP contribution in [0.3, 0.4) is 0 Å². The Morgan fingerprint density at radius 2 is 1.60 bits per heavy atom. The molecule has 3 rings (SSSR count). The van der Waals surface area contributed by atoms with E-state index in [-0.39, 0.29) is 30.9 Å². The fourth-order valence-corrected chi connectivity index (χ4v) is 4.13. The van der Waals surface area contributed by atoms with E-state index in [1.165, 1.54) is 24.0 Å². The van der Waals surface area contributed by atoms with E-state index in [9.17, 15) is 9.59 Å². The summed E-state index contributed by atoms with van der Waals surface area (Å²) in [6.45, 7) is 6.30. The van der Waals surface area contributed by atoms with Crippen molar-refractivity contribution in [3.8, 4) is 0 Å².